The van der Waals surface area contributed by atoms with Crippen molar-refractivity contribution < 1.29 is 14.7 Å². The summed E-state index contributed by atoms with van der Waals surface area (Å²) in [7, 11) is 0. The van der Waals surface area contributed by atoms with Crippen molar-refractivity contribution in [3.63, 3.8) is 0 Å². The van der Waals surface area contributed by atoms with Crippen LogP contribution in [-0.4, -0.2) is 34.6 Å². The fraction of sp³-hybridized carbons (Fsp3) is 0.571. The van der Waals surface area contributed by atoms with Gasteiger partial charge in [0.1, 0.15) is 0 Å². The molecule has 110 valence electrons. The Morgan fingerprint density at radius 3 is 2.70 bits per heavy atom. The highest BCUT2D eigenvalue weighted by molar-refractivity contribution is 7.11. The molecule has 2 rings (SSSR count). The molecule has 2 amide bonds. The van der Waals surface area contributed by atoms with E-state index in [4.69, 9.17) is 5.11 Å². The Labute approximate surface area is 122 Å². The summed E-state index contributed by atoms with van der Waals surface area (Å²) < 4.78 is 0. The number of carbonyl (C=O) groups is 2. The van der Waals surface area contributed by atoms with Crippen molar-refractivity contribution >= 4 is 23.3 Å². The van der Waals surface area contributed by atoms with E-state index in [0.717, 1.165) is 11.3 Å². The summed E-state index contributed by atoms with van der Waals surface area (Å²) in [6.07, 6.45) is 1.53. The predicted octanol–water partition coefficient (Wildman–Crippen LogP) is 2.32. The molecule has 1 aliphatic heterocycles. The average molecular weight is 296 g/mol. The number of aryl methyl sites for hydroxylation is 1. The average Bonchev–Trinajstić information content (AvgIpc) is 3.02. The lowest BCUT2D eigenvalue weighted by atomic mass is 10.0. The van der Waals surface area contributed by atoms with Gasteiger partial charge >= 0.3 is 12.0 Å². The van der Waals surface area contributed by atoms with Crippen LogP contribution in [0.4, 0.5) is 4.79 Å². The second-order valence-corrected chi connectivity index (χ2v) is 6.30. The largest absolute Gasteiger partial charge is 0.481 e. The van der Waals surface area contributed by atoms with Crippen LogP contribution in [0.1, 0.15) is 30.0 Å². The Kier molecular flexibility index (Phi) is 4.65. The first-order valence-electron chi connectivity index (χ1n) is 6.87. The standard InChI is InChI=1S/C14H20N2O3S/c1-3-10-4-5-11(20-10)8-15-14(19)16-7-6-12(9(16)2)13(17)18/h4-5,9,12H,3,6-8H2,1-2H3,(H,15,19)(H,17,18). The highest BCUT2D eigenvalue weighted by Crippen LogP contribution is 2.24. The first kappa shape index (κ1) is 14.8. The van der Waals surface area contributed by atoms with Gasteiger partial charge < -0.3 is 15.3 Å². The van der Waals surface area contributed by atoms with Gasteiger partial charge in [-0.2, -0.15) is 0 Å². The van der Waals surface area contributed by atoms with Gasteiger partial charge in [-0.3, -0.25) is 4.79 Å². The van der Waals surface area contributed by atoms with E-state index in [1.54, 1.807) is 23.2 Å². The zero-order valence-corrected chi connectivity index (χ0v) is 12.6. The number of amides is 2. The van der Waals surface area contributed by atoms with E-state index in [2.05, 4.69) is 18.3 Å². The summed E-state index contributed by atoms with van der Waals surface area (Å²) in [6.45, 7) is 4.91. The quantitative estimate of drug-likeness (QED) is 0.896. The molecule has 0 bridgehead atoms. The van der Waals surface area contributed by atoms with Gasteiger partial charge in [-0.15, -0.1) is 11.3 Å². The third-order valence-corrected chi connectivity index (χ3v) is 5.04. The van der Waals surface area contributed by atoms with Gasteiger partial charge in [-0.25, -0.2) is 4.79 Å². The first-order valence-corrected chi connectivity index (χ1v) is 7.69. The number of carboxylic acid groups (broad SMARTS) is 1. The van der Waals surface area contributed by atoms with Crippen LogP contribution in [0.2, 0.25) is 0 Å². The smallest absolute Gasteiger partial charge is 0.317 e. The summed E-state index contributed by atoms with van der Waals surface area (Å²) in [4.78, 5) is 27.2. The molecule has 1 fully saturated rings. The number of aliphatic carboxylic acids is 1. The molecule has 5 nitrogen and oxygen atoms in total. The maximum Gasteiger partial charge on any atom is 0.317 e. The highest BCUT2D eigenvalue weighted by Gasteiger charge is 2.37. The Hall–Kier alpha value is -1.56. The molecule has 1 saturated heterocycles. The number of rotatable bonds is 4. The molecule has 6 heteroatoms. The van der Waals surface area contributed by atoms with Crippen molar-refractivity contribution in [2.75, 3.05) is 6.54 Å². The van der Waals surface area contributed by atoms with Crippen LogP contribution in [-0.2, 0) is 17.8 Å². The van der Waals surface area contributed by atoms with Crippen molar-refractivity contribution in [2.24, 2.45) is 5.92 Å². The van der Waals surface area contributed by atoms with E-state index in [9.17, 15) is 9.59 Å². The molecule has 0 spiro atoms. The minimum Gasteiger partial charge on any atom is -0.481 e. The lowest BCUT2D eigenvalue weighted by molar-refractivity contribution is -0.142. The van der Waals surface area contributed by atoms with Crippen molar-refractivity contribution in [1.29, 1.82) is 0 Å². The van der Waals surface area contributed by atoms with Gasteiger partial charge in [0, 0.05) is 22.3 Å². The number of likely N-dealkylation sites (tertiary alicyclic amines) is 1. The Balaban J connectivity index is 1.88. The third-order valence-electron chi connectivity index (χ3n) is 3.81. The molecule has 2 atom stereocenters. The molecule has 1 aromatic heterocycles. The minimum atomic E-state index is -0.821. The number of nitrogens with zero attached hydrogens (tertiary/aromatic N) is 1. The fourth-order valence-corrected chi connectivity index (χ4v) is 3.43. The van der Waals surface area contributed by atoms with Crippen LogP contribution < -0.4 is 5.32 Å². The number of nitrogens with one attached hydrogen (secondary N) is 1. The fourth-order valence-electron chi connectivity index (χ4n) is 2.53. The number of carboxylic acids is 1. The topological polar surface area (TPSA) is 69.6 Å². The second-order valence-electron chi connectivity index (χ2n) is 5.05. The van der Waals surface area contributed by atoms with Crippen LogP contribution in [0.15, 0.2) is 12.1 Å². The summed E-state index contributed by atoms with van der Waals surface area (Å²) >= 11 is 1.70. The number of carbonyl (C=O) groups excluding carboxylic acids is 1. The molecule has 0 aromatic carbocycles. The molecule has 2 unspecified atom stereocenters. The highest BCUT2D eigenvalue weighted by atomic mass is 32.1. The van der Waals surface area contributed by atoms with E-state index in [1.807, 2.05) is 6.07 Å². The maximum atomic E-state index is 12.1. The monoisotopic (exact) mass is 296 g/mol. The van der Waals surface area contributed by atoms with Crippen LogP contribution in [0.3, 0.4) is 0 Å². The van der Waals surface area contributed by atoms with Crippen molar-refractivity contribution in [3.05, 3.63) is 21.9 Å². The van der Waals surface area contributed by atoms with Crippen molar-refractivity contribution in [3.8, 4) is 0 Å². The molecule has 0 saturated carbocycles. The minimum absolute atomic E-state index is 0.173. The molecule has 0 radical (unpaired) electrons. The van der Waals surface area contributed by atoms with E-state index < -0.39 is 11.9 Å². The molecular weight excluding hydrogens is 276 g/mol. The van der Waals surface area contributed by atoms with E-state index in [1.165, 1.54) is 4.88 Å². The lowest BCUT2D eigenvalue weighted by Crippen LogP contribution is -2.43. The normalized spacial score (nSPS) is 22.0. The van der Waals surface area contributed by atoms with Crippen molar-refractivity contribution in [2.45, 2.75) is 39.3 Å². The molecule has 2 heterocycles. The van der Waals surface area contributed by atoms with E-state index in [-0.39, 0.29) is 12.1 Å². The second kappa shape index (κ2) is 6.26. The van der Waals surface area contributed by atoms with E-state index >= 15 is 0 Å². The Morgan fingerprint density at radius 2 is 2.15 bits per heavy atom. The van der Waals surface area contributed by atoms with Crippen LogP contribution in [0, 0.1) is 5.92 Å². The number of hydrogen-bond acceptors (Lipinski definition) is 3. The Morgan fingerprint density at radius 1 is 1.45 bits per heavy atom. The van der Waals surface area contributed by atoms with Gasteiger partial charge in [-0.1, -0.05) is 6.92 Å². The SMILES string of the molecule is CCc1ccc(CNC(=O)N2CCC(C(=O)O)C2C)s1. The summed E-state index contributed by atoms with van der Waals surface area (Å²) in [5, 5.41) is 11.9. The maximum absolute atomic E-state index is 12.1. The van der Waals surface area contributed by atoms with Crippen LogP contribution in [0.25, 0.3) is 0 Å². The number of hydrogen-bond donors (Lipinski definition) is 2. The van der Waals surface area contributed by atoms with E-state index in [0.29, 0.717) is 19.5 Å². The number of thiophene rings is 1. The summed E-state index contributed by atoms with van der Waals surface area (Å²) in [5.74, 6) is -1.27. The first-order chi connectivity index (χ1) is 9.52. The molecule has 20 heavy (non-hydrogen) atoms. The van der Waals surface area contributed by atoms with Crippen LogP contribution >= 0.6 is 11.3 Å². The third kappa shape index (κ3) is 3.12. The van der Waals surface area contributed by atoms with Crippen LogP contribution in [0.5, 0.6) is 0 Å². The molecule has 1 aliphatic rings. The summed E-state index contributed by atoms with van der Waals surface area (Å²) in [5.41, 5.74) is 0. The predicted molar refractivity (Wildman–Crippen MR) is 77.8 cm³/mol. The van der Waals surface area contributed by atoms with Gasteiger partial charge in [0.2, 0.25) is 0 Å². The molecular formula is C14H20N2O3S. The van der Waals surface area contributed by atoms with Gasteiger partial charge in [-0.05, 0) is 31.9 Å². The van der Waals surface area contributed by atoms with Gasteiger partial charge in [0.25, 0.3) is 0 Å². The van der Waals surface area contributed by atoms with Gasteiger partial charge in [0.05, 0.1) is 12.5 Å². The lowest BCUT2D eigenvalue weighted by Gasteiger charge is -2.23. The Bertz CT molecular complexity index is 500. The zero-order chi connectivity index (χ0) is 14.7. The molecule has 1 aromatic rings. The van der Waals surface area contributed by atoms with Gasteiger partial charge in [0.15, 0.2) is 0 Å². The molecule has 2 N–H and O–H groups in total. The number of urea groups is 1. The summed E-state index contributed by atoms with van der Waals surface area (Å²) in [6, 6.07) is 3.68. The molecule has 0 aliphatic carbocycles. The van der Waals surface area contributed by atoms with Crippen molar-refractivity contribution in [1.82, 2.24) is 10.2 Å². The zero-order valence-electron chi connectivity index (χ0n) is 11.8.